The van der Waals surface area contributed by atoms with Crippen LogP contribution in [0.15, 0.2) is 0 Å². The van der Waals surface area contributed by atoms with Gasteiger partial charge in [0.25, 0.3) is 0 Å². The van der Waals surface area contributed by atoms with Crippen molar-refractivity contribution in [2.75, 3.05) is 39.4 Å². The molecule has 0 atom stereocenters. The van der Waals surface area contributed by atoms with E-state index in [4.69, 9.17) is 10.2 Å². The van der Waals surface area contributed by atoms with Crippen molar-refractivity contribution in [1.29, 1.82) is 0 Å². The van der Waals surface area contributed by atoms with Crippen LogP contribution < -0.4 is 5.11 Å². The predicted octanol–water partition coefficient (Wildman–Crippen LogP) is 2.24. The topological polar surface area (TPSA) is 80.6 Å². The van der Waals surface area contributed by atoms with Crippen LogP contribution in [-0.4, -0.2) is 60.1 Å². The third-order valence-electron chi connectivity index (χ3n) is 5.03. The number of nitrogens with zero attached hydrogens (tertiary/aromatic N) is 1. The van der Waals surface area contributed by atoms with Gasteiger partial charge in [-0.1, -0.05) is 58.3 Å². The van der Waals surface area contributed by atoms with Crippen molar-refractivity contribution in [3.05, 3.63) is 0 Å². The van der Waals surface area contributed by atoms with Crippen molar-refractivity contribution in [3.8, 4) is 0 Å². The predicted molar refractivity (Wildman–Crippen MR) is 100.0 cm³/mol. The molecule has 0 aromatic rings. The summed E-state index contributed by atoms with van der Waals surface area (Å²) >= 11 is 0. The molecule has 0 aliphatic heterocycles. The smallest absolute Gasteiger partial charge is 0.119 e. The van der Waals surface area contributed by atoms with Crippen molar-refractivity contribution >= 4 is 5.97 Å². The second kappa shape index (κ2) is 16.8. The molecule has 5 heteroatoms. The quantitative estimate of drug-likeness (QED) is 0.274. The zero-order chi connectivity index (χ0) is 18.8. The second-order valence-electron chi connectivity index (χ2n) is 7.38. The van der Waals surface area contributed by atoms with Gasteiger partial charge in [-0.25, -0.2) is 0 Å². The van der Waals surface area contributed by atoms with E-state index in [1.54, 1.807) is 0 Å². The molecule has 0 rings (SSSR count). The first-order valence-corrected chi connectivity index (χ1v) is 10.4. The highest BCUT2D eigenvalue weighted by Crippen LogP contribution is 2.15. The number of unbranched alkanes of at least 4 members (excludes halogenated alkanes) is 9. The highest BCUT2D eigenvalue weighted by Gasteiger charge is 2.26. The largest absolute Gasteiger partial charge is 0.544 e. The van der Waals surface area contributed by atoms with Crippen LogP contribution in [-0.2, 0) is 4.79 Å². The van der Waals surface area contributed by atoms with E-state index >= 15 is 0 Å². The molecule has 0 aromatic heterocycles. The normalized spacial score (nSPS) is 11.8. The van der Waals surface area contributed by atoms with Crippen molar-refractivity contribution < 1.29 is 24.6 Å². The number of quaternary nitrogens is 1. The molecule has 5 nitrogen and oxygen atoms in total. The number of aliphatic carboxylic acids is 1. The SMILES string of the molecule is CCCCCCCCCCCC[N+](CCCO)(CCCO)CC(=O)[O-]. The fourth-order valence-electron chi connectivity index (χ4n) is 3.59. The summed E-state index contributed by atoms with van der Waals surface area (Å²) < 4.78 is 0.431. The lowest BCUT2D eigenvalue weighted by Gasteiger charge is -2.39. The number of hydrogen-bond acceptors (Lipinski definition) is 4. The first-order chi connectivity index (χ1) is 12.1. The lowest BCUT2D eigenvalue weighted by atomic mass is 10.1. The molecule has 0 amide bonds. The van der Waals surface area contributed by atoms with Gasteiger partial charge in [0.1, 0.15) is 6.54 Å². The van der Waals surface area contributed by atoms with Crippen LogP contribution in [0.3, 0.4) is 0 Å². The third kappa shape index (κ3) is 14.2. The van der Waals surface area contributed by atoms with Gasteiger partial charge in [0.2, 0.25) is 0 Å². The summed E-state index contributed by atoms with van der Waals surface area (Å²) in [5.41, 5.74) is 0. The number of aliphatic hydroxyl groups is 2. The molecule has 0 aliphatic carbocycles. The summed E-state index contributed by atoms with van der Waals surface area (Å²) in [5.74, 6) is -1.04. The van der Waals surface area contributed by atoms with Crippen LogP contribution in [0.25, 0.3) is 0 Å². The number of hydrogen-bond donors (Lipinski definition) is 2. The van der Waals surface area contributed by atoms with E-state index in [0.29, 0.717) is 30.4 Å². The zero-order valence-electron chi connectivity index (χ0n) is 16.4. The minimum atomic E-state index is -1.04. The van der Waals surface area contributed by atoms with Gasteiger partial charge in [0, 0.05) is 26.1 Å². The highest BCUT2D eigenvalue weighted by atomic mass is 16.4. The standard InChI is InChI=1S/C20H41NO4/c1-2-3-4-5-6-7-8-9-10-11-14-21(15-12-17-22,16-13-18-23)19-20(24)25/h22-23H,2-19H2,1H3. The maximum absolute atomic E-state index is 11.2. The minimum Gasteiger partial charge on any atom is -0.544 e. The Kier molecular flexibility index (Phi) is 16.4. The number of carboxylic acid groups (broad SMARTS) is 1. The molecule has 2 N–H and O–H groups in total. The van der Waals surface area contributed by atoms with Crippen LogP contribution in [0.1, 0.15) is 84.0 Å². The van der Waals surface area contributed by atoms with Gasteiger partial charge in [-0.15, -0.1) is 0 Å². The summed E-state index contributed by atoms with van der Waals surface area (Å²) in [6.07, 6.45) is 13.8. The zero-order valence-corrected chi connectivity index (χ0v) is 16.4. The van der Waals surface area contributed by atoms with E-state index in [-0.39, 0.29) is 19.8 Å². The fourth-order valence-corrected chi connectivity index (χ4v) is 3.59. The first-order valence-electron chi connectivity index (χ1n) is 10.4. The summed E-state index contributed by atoms with van der Waals surface area (Å²) in [6.45, 7) is 4.44. The monoisotopic (exact) mass is 359 g/mol. The molecule has 0 aliphatic rings. The van der Waals surface area contributed by atoms with Gasteiger partial charge >= 0.3 is 0 Å². The van der Waals surface area contributed by atoms with E-state index in [1.165, 1.54) is 51.4 Å². The van der Waals surface area contributed by atoms with Crippen molar-refractivity contribution in [3.63, 3.8) is 0 Å². The van der Waals surface area contributed by atoms with Crippen LogP contribution >= 0.6 is 0 Å². The average Bonchev–Trinajstić information content (AvgIpc) is 2.59. The molecule has 0 heterocycles. The summed E-state index contributed by atoms with van der Waals surface area (Å²) in [6, 6.07) is 0. The molecule has 0 fully saturated rings. The van der Waals surface area contributed by atoms with E-state index in [2.05, 4.69) is 6.92 Å². The maximum atomic E-state index is 11.2. The minimum absolute atomic E-state index is 0.0164. The Hall–Kier alpha value is -0.650. The van der Waals surface area contributed by atoms with E-state index in [1.807, 2.05) is 0 Å². The molecular weight excluding hydrogens is 318 g/mol. The van der Waals surface area contributed by atoms with Crippen LogP contribution in [0.2, 0.25) is 0 Å². The Balaban J connectivity index is 4.08. The van der Waals surface area contributed by atoms with Crippen molar-refractivity contribution in [2.24, 2.45) is 0 Å². The van der Waals surface area contributed by atoms with Crippen molar-refractivity contribution in [1.82, 2.24) is 0 Å². The molecule has 0 saturated heterocycles. The van der Waals surface area contributed by atoms with E-state index in [9.17, 15) is 9.90 Å². The molecule has 25 heavy (non-hydrogen) atoms. The Bertz CT molecular complexity index is 302. The van der Waals surface area contributed by atoms with Gasteiger partial charge in [-0.3, -0.25) is 0 Å². The van der Waals surface area contributed by atoms with Crippen molar-refractivity contribution in [2.45, 2.75) is 84.0 Å². The Morgan fingerprint density at radius 2 is 1.12 bits per heavy atom. The second-order valence-corrected chi connectivity index (χ2v) is 7.38. The Labute approximate surface area is 154 Å². The van der Waals surface area contributed by atoms with Crippen LogP contribution in [0.5, 0.6) is 0 Å². The van der Waals surface area contributed by atoms with Crippen LogP contribution in [0, 0.1) is 0 Å². The number of carboxylic acids is 1. The summed E-state index contributed by atoms with van der Waals surface area (Å²) in [7, 11) is 0. The van der Waals surface area contributed by atoms with E-state index < -0.39 is 5.97 Å². The number of rotatable bonds is 19. The fraction of sp³-hybridized carbons (Fsp3) is 0.950. The molecule has 150 valence electrons. The van der Waals surface area contributed by atoms with Gasteiger partial charge in [0.05, 0.1) is 25.6 Å². The molecule has 0 bridgehead atoms. The van der Waals surface area contributed by atoms with Crippen LogP contribution in [0.4, 0.5) is 0 Å². The molecule has 0 radical (unpaired) electrons. The van der Waals surface area contributed by atoms with Gasteiger partial charge < -0.3 is 24.6 Å². The lowest BCUT2D eigenvalue weighted by molar-refractivity contribution is -0.923. The number of aliphatic hydroxyl groups excluding tert-OH is 2. The first kappa shape index (κ1) is 24.4. The molecule has 0 unspecified atom stereocenters. The lowest BCUT2D eigenvalue weighted by Crippen LogP contribution is -2.56. The third-order valence-corrected chi connectivity index (χ3v) is 5.03. The van der Waals surface area contributed by atoms with Gasteiger partial charge in [0.15, 0.2) is 0 Å². The molecule has 0 aromatic carbocycles. The maximum Gasteiger partial charge on any atom is 0.119 e. The molecule has 0 saturated carbocycles. The summed E-state index contributed by atoms with van der Waals surface area (Å²) in [5, 5.41) is 29.4. The van der Waals surface area contributed by atoms with Gasteiger partial charge in [-0.05, 0) is 12.8 Å². The number of carbonyl (C=O) groups is 1. The average molecular weight is 360 g/mol. The molecular formula is C20H41NO4. The highest BCUT2D eigenvalue weighted by molar-refractivity contribution is 5.65. The van der Waals surface area contributed by atoms with Gasteiger partial charge in [-0.2, -0.15) is 0 Å². The van der Waals surface area contributed by atoms with E-state index in [0.717, 1.165) is 19.4 Å². The Morgan fingerprint density at radius 3 is 1.52 bits per heavy atom. The Morgan fingerprint density at radius 1 is 0.720 bits per heavy atom. The summed E-state index contributed by atoms with van der Waals surface area (Å²) in [4.78, 5) is 11.2. The molecule has 0 spiro atoms. The number of carbonyl (C=O) groups excluding carboxylic acids is 1.